The SMILES string of the molecule is CC1CC(C)(C)CC(O)(c2nc(-c3ccc(O)cc3)n[nH]2)C1. The van der Waals surface area contributed by atoms with Gasteiger partial charge in [0.1, 0.15) is 11.4 Å². The lowest BCUT2D eigenvalue weighted by Gasteiger charge is -2.43. The number of phenolic OH excluding ortho intramolecular Hbond substituents is 1. The summed E-state index contributed by atoms with van der Waals surface area (Å²) in [5.41, 5.74) is -0.0617. The molecule has 22 heavy (non-hydrogen) atoms. The number of aromatic nitrogens is 3. The second-order valence-electron chi connectivity index (χ2n) is 7.44. The fourth-order valence-electron chi connectivity index (χ4n) is 3.92. The van der Waals surface area contributed by atoms with Crippen LogP contribution < -0.4 is 0 Å². The van der Waals surface area contributed by atoms with Crippen LogP contribution in [0.1, 0.15) is 45.9 Å². The first kappa shape index (κ1) is 15.0. The third-order valence-electron chi connectivity index (χ3n) is 4.41. The van der Waals surface area contributed by atoms with Gasteiger partial charge in [0.15, 0.2) is 11.6 Å². The number of hydrogen-bond donors (Lipinski definition) is 3. The van der Waals surface area contributed by atoms with Crippen LogP contribution in [0, 0.1) is 11.3 Å². The number of aromatic amines is 1. The highest BCUT2D eigenvalue weighted by Gasteiger charge is 2.44. The minimum atomic E-state index is -0.955. The number of phenols is 1. The van der Waals surface area contributed by atoms with E-state index >= 15 is 0 Å². The molecule has 1 fully saturated rings. The van der Waals surface area contributed by atoms with Crippen molar-refractivity contribution < 1.29 is 10.2 Å². The van der Waals surface area contributed by atoms with Crippen molar-refractivity contribution in [3.63, 3.8) is 0 Å². The lowest BCUT2D eigenvalue weighted by atomic mass is 9.65. The van der Waals surface area contributed by atoms with Crippen LogP contribution in [0.25, 0.3) is 11.4 Å². The summed E-state index contributed by atoms with van der Waals surface area (Å²) in [6, 6.07) is 6.73. The second kappa shape index (κ2) is 5.09. The first-order valence-corrected chi connectivity index (χ1v) is 7.72. The number of H-pyrrole nitrogens is 1. The van der Waals surface area contributed by atoms with Crippen LogP contribution in [0.15, 0.2) is 24.3 Å². The third kappa shape index (κ3) is 2.86. The summed E-state index contributed by atoms with van der Waals surface area (Å²) in [7, 11) is 0. The van der Waals surface area contributed by atoms with Crippen LogP contribution in [-0.2, 0) is 5.60 Å². The molecular weight excluding hydrogens is 278 g/mol. The molecule has 0 spiro atoms. The fraction of sp³-hybridized carbons (Fsp3) is 0.529. The van der Waals surface area contributed by atoms with E-state index < -0.39 is 5.60 Å². The van der Waals surface area contributed by atoms with Gasteiger partial charge in [-0.3, -0.25) is 5.10 Å². The molecule has 0 amide bonds. The van der Waals surface area contributed by atoms with Gasteiger partial charge in [0.2, 0.25) is 0 Å². The van der Waals surface area contributed by atoms with E-state index in [1.165, 1.54) is 0 Å². The van der Waals surface area contributed by atoms with Crippen molar-refractivity contribution in [2.75, 3.05) is 0 Å². The van der Waals surface area contributed by atoms with Gasteiger partial charge < -0.3 is 10.2 Å². The molecule has 118 valence electrons. The zero-order chi connectivity index (χ0) is 16.0. The van der Waals surface area contributed by atoms with E-state index in [1.807, 2.05) is 0 Å². The molecule has 0 bridgehead atoms. The first-order valence-electron chi connectivity index (χ1n) is 7.72. The number of hydrogen-bond acceptors (Lipinski definition) is 4. The van der Waals surface area contributed by atoms with Gasteiger partial charge in [-0.1, -0.05) is 20.8 Å². The highest BCUT2D eigenvalue weighted by Crippen LogP contribution is 2.47. The van der Waals surface area contributed by atoms with Crippen LogP contribution in [0.3, 0.4) is 0 Å². The van der Waals surface area contributed by atoms with E-state index in [2.05, 4.69) is 36.0 Å². The van der Waals surface area contributed by atoms with Gasteiger partial charge in [0, 0.05) is 5.56 Å². The monoisotopic (exact) mass is 301 g/mol. The maximum Gasteiger partial charge on any atom is 0.181 e. The fourth-order valence-corrected chi connectivity index (χ4v) is 3.92. The molecule has 3 N–H and O–H groups in total. The van der Waals surface area contributed by atoms with Gasteiger partial charge in [0.05, 0.1) is 0 Å². The lowest BCUT2D eigenvalue weighted by molar-refractivity contribution is -0.0695. The number of aliphatic hydroxyl groups is 1. The van der Waals surface area contributed by atoms with E-state index in [0.717, 1.165) is 12.0 Å². The summed E-state index contributed by atoms with van der Waals surface area (Å²) in [6.45, 7) is 6.54. The topological polar surface area (TPSA) is 82.0 Å². The Morgan fingerprint density at radius 2 is 1.86 bits per heavy atom. The summed E-state index contributed by atoms with van der Waals surface area (Å²) in [5.74, 6) is 1.73. The van der Waals surface area contributed by atoms with Crippen molar-refractivity contribution >= 4 is 0 Å². The smallest absolute Gasteiger partial charge is 0.181 e. The molecule has 2 atom stereocenters. The Kier molecular flexibility index (Phi) is 3.48. The summed E-state index contributed by atoms with van der Waals surface area (Å²) in [4.78, 5) is 4.51. The molecule has 1 aromatic carbocycles. The van der Waals surface area contributed by atoms with Crippen molar-refractivity contribution in [3.8, 4) is 17.1 Å². The van der Waals surface area contributed by atoms with Gasteiger partial charge in [0.25, 0.3) is 0 Å². The quantitative estimate of drug-likeness (QED) is 0.795. The van der Waals surface area contributed by atoms with Crippen molar-refractivity contribution in [3.05, 3.63) is 30.1 Å². The predicted octanol–water partition coefficient (Wildman–Crippen LogP) is 3.21. The van der Waals surface area contributed by atoms with Crippen molar-refractivity contribution in [2.24, 2.45) is 11.3 Å². The third-order valence-corrected chi connectivity index (χ3v) is 4.41. The highest BCUT2D eigenvalue weighted by molar-refractivity contribution is 5.55. The molecule has 3 rings (SSSR count). The summed E-state index contributed by atoms with van der Waals surface area (Å²) < 4.78 is 0. The van der Waals surface area contributed by atoms with Crippen molar-refractivity contribution in [2.45, 2.75) is 45.6 Å². The second-order valence-corrected chi connectivity index (χ2v) is 7.44. The van der Waals surface area contributed by atoms with Crippen molar-refractivity contribution in [1.82, 2.24) is 15.2 Å². The normalized spacial score (nSPS) is 27.7. The van der Waals surface area contributed by atoms with Crippen LogP contribution in [-0.4, -0.2) is 25.4 Å². The van der Waals surface area contributed by atoms with Gasteiger partial charge >= 0.3 is 0 Å². The zero-order valence-corrected chi connectivity index (χ0v) is 13.3. The number of nitrogens with zero attached hydrogens (tertiary/aromatic N) is 2. The van der Waals surface area contributed by atoms with Crippen LogP contribution >= 0.6 is 0 Å². The molecule has 1 aliphatic carbocycles. The Bertz CT molecular complexity index is 663. The summed E-state index contributed by atoms with van der Waals surface area (Å²) in [5, 5.41) is 27.6. The van der Waals surface area contributed by atoms with Crippen LogP contribution in [0.2, 0.25) is 0 Å². The van der Waals surface area contributed by atoms with Crippen molar-refractivity contribution in [1.29, 1.82) is 0 Å². The number of rotatable bonds is 2. The molecule has 5 nitrogen and oxygen atoms in total. The van der Waals surface area contributed by atoms with E-state index in [0.29, 0.717) is 30.4 Å². The average Bonchev–Trinajstić information content (AvgIpc) is 2.87. The molecule has 5 heteroatoms. The Hall–Kier alpha value is -1.88. The molecule has 0 saturated heterocycles. The van der Waals surface area contributed by atoms with Gasteiger partial charge in [-0.15, -0.1) is 0 Å². The molecule has 1 saturated carbocycles. The zero-order valence-electron chi connectivity index (χ0n) is 13.3. The number of nitrogens with one attached hydrogen (secondary N) is 1. The minimum Gasteiger partial charge on any atom is -0.508 e. The molecule has 1 heterocycles. The lowest BCUT2D eigenvalue weighted by Crippen LogP contribution is -2.40. The molecule has 1 aromatic heterocycles. The average molecular weight is 301 g/mol. The van der Waals surface area contributed by atoms with E-state index in [-0.39, 0.29) is 11.2 Å². The standard InChI is InChI=1S/C17H23N3O2/c1-11-8-16(2,3)10-17(22,9-11)15-18-14(19-20-15)12-4-6-13(21)7-5-12/h4-7,11,21-22H,8-10H2,1-3H3,(H,18,19,20). The largest absolute Gasteiger partial charge is 0.508 e. The number of aromatic hydroxyl groups is 1. The highest BCUT2D eigenvalue weighted by atomic mass is 16.3. The first-order chi connectivity index (χ1) is 10.3. The maximum atomic E-state index is 11.1. The molecule has 2 aromatic rings. The minimum absolute atomic E-state index is 0.0813. The molecule has 0 radical (unpaired) electrons. The Morgan fingerprint density at radius 3 is 2.50 bits per heavy atom. The molecule has 0 aliphatic heterocycles. The van der Waals surface area contributed by atoms with E-state index in [1.54, 1.807) is 24.3 Å². The summed E-state index contributed by atoms with van der Waals surface area (Å²) >= 11 is 0. The number of benzene rings is 1. The van der Waals surface area contributed by atoms with Gasteiger partial charge in [-0.25, -0.2) is 4.98 Å². The van der Waals surface area contributed by atoms with Crippen LogP contribution in [0.5, 0.6) is 5.75 Å². The molecule has 2 unspecified atom stereocenters. The van der Waals surface area contributed by atoms with E-state index in [9.17, 15) is 10.2 Å². The Labute approximate surface area is 130 Å². The van der Waals surface area contributed by atoms with Gasteiger partial charge in [-0.2, -0.15) is 5.10 Å². The van der Waals surface area contributed by atoms with Gasteiger partial charge in [-0.05, 0) is 54.9 Å². The maximum absolute atomic E-state index is 11.1. The van der Waals surface area contributed by atoms with E-state index in [4.69, 9.17) is 0 Å². The summed E-state index contributed by atoms with van der Waals surface area (Å²) in [6.07, 6.45) is 2.48. The predicted molar refractivity (Wildman–Crippen MR) is 84.2 cm³/mol. The van der Waals surface area contributed by atoms with Crippen LogP contribution in [0.4, 0.5) is 0 Å². The molecular formula is C17H23N3O2. The Balaban J connectivity index is 1.91. The molecule has 1 aliphatic rings. The Morgan fingerprint density at radius 1 is 1.18 bits per heavy atom.